The van der Waals surface area contributed by atoms with Gasteiger partial charge >= 0.3 is 0 Å². The number of aromatic nitrogens is 5. The number of methoxy groups -OCH3 is 1. The molecule has 9 nitrogen and oxygen atoms in total. The molecule has 9 heteroatoms. The lowest BCUT2D eigenvalue weighted by Crippen LogP contribution is -2.25. The van der Waals surface area contributed by atoms with Crippen LogP contribution in [0.3, 0.4) is 0 Å². The van der Waals surface area contributed by atoms with Crippen LogP contribution >= 0.6 is 0 Å². The topological polar surface area (TPSA) is 99.5 Å². The van der Waals surface area contributed by atoms with Crippen molar-refractivity contribution < 1.29 is 9.26 Å². The molecule has 0 radical (unpaired) electrons. The highest BCUT2D eigenvalue weighted by Crippen LogP contribution is 2.23. The number of nitrogens with one attached hydrogen (secondary N) is 1. The zero-order valence-corrected chi connectivity index (χ0v) is 16.2. The summed E-state index contributed by atoms with van der Waals surface area (Å²) >= 11 is 0. The first kappa shape index (κ1) is 18.0. The van der Waals surface area contributed by atoms with Crippen LogP contribution in [0.25, 0.3) is 28.1 Å². The van der Waals surface area contributed by atoms with E-state index in [1.165, 1.54) is 0 Å². The standard InChI is InChI=1S/C20H22N6O3/c1-28-10-9-25-14-6-2-3-7-15(14)26-12-22-17(18(26)20(25)27)19-23-16(29-24-19)11-13-5-4-8-21-13/h2-3,6-7,12-13,21H,4-5,8-11H2,1H3. The summed E-state index contributed by atoms with van der Waals surface area (Å²) in [5.41, 5.74) is 2.42. The van der Waals surface area contributed by atoms with E-state index < -0.39 is 0 Å². The molecule has 150 valence electrons. The molecule has 1 aliphatic heterocycles. The number of para-hydroxylation sites is 2. The summed E-state index contributed by atoms with van der Waals surface area (Å²) in [6.07, 6.45) is 4.58. The Bertz CT molecular complexity index is 1220. The Morgan fingerprint density at radius 1 is 1.31 bits per heavy atom. The van der Waals surface area contributed by atoms with E-state index in [1.807, 2.05) is 24.3 Å². The van der Waals surface area contributed by atoms with Crippen LogP contribution < -0.4 is 10.9 Å². The zero-order valence-electron chi connectivity index (χ0n) is 16.2. The molecule has 1 aromatic carbocycles. The molecule has 4 aromatic rings. The van der Waals surface area contributed by atoms with Crippen LogP contribution in [0.5, 0.6) is 0 Å². The first-order valence-corrected chi connectivity index (χ1v) is 9.80. The summed E-state index contributed by atoms with van der Waals surface area (Å²) in [5, 5.41) is 7.52. The van der Waals surface area contributed by atoms with E-state index in [4.69, 9.17) is 9.26 Å². The number of hydrogen-bond acceptors (Lipinski definition) is 7. The van der Waals surface area contributed by atoms with Gasteiger partial charge in [-0.3, -0.25) is 9.20 Å². The summed E-state index contributed by atoms with van der Waals surface area (Å²) in [7, 11) is 1.62. The van der Waals surface area contributed by atoms with E-state index >= 15 is 0 Å². The highest BCUT2D eigenvalue weighted by atomic mass is 16.5. The largest absolute Gasteiger partial charge is 0.383 e. The van der Waals surface area contributed by atoms with Crippen LogP contribution in [-0.4, -0.2) is 50.4 Å². The lowest BCUT2D eigenvalue weighted by atomic mass is 10.1. The predicted molar refractivity (Wildman–Crippen MR) is 107 cm³/mol. The first-order valence-electron chi connectivity index (χ1n) is 9.80. The molecule has 0 spiro atoms. The SMILES string of the molecule is COCCn1c(=O)c2c(-c3noc(CC4CCCN4)n3)ncn2c2ccccc21. The number of nitrogens with zero attached hydrogens (tertiary/aromatic N) is 5. The average molecular weight is 394 g/mol. The van der Waals surface area contributed by atoms with Crippen molar-refractivity contribution in [1.82, 2.24) is 29.4 Å². The Morgan fingerprint density at radius 3 is 2.97 bits per heavy atom. The van der Waals surface area contributed by atoms with E-state index in [0.29, 0.717) is 48.5 Å². The minimum atomic E-state index is -0.156. The Morgan fingerprint density at radius 2 is 2.17 bits per heavy atom. The van der Waals surface area contributed by atoms with Crippen LogP contribution in [0.4, 0.5) is 0 Å². The molecule has 1 N–H and O–H groups in total. The molecule has 1 atom stereocenters. The van der Waals surface area contributed by atoms with Gasteiger partial charge in [0.25, 0.3) is 5.56 Å². The molecule has 1 saturated heterocycles. The van der Waals surface area contributed by atoms with Crippen LogP contribution in [0, 0.1) is 0 Å². The van der Waals surface area contributed by atoms with Gasteiger partial charge in [0.2, 0.25) is 11.7 Å². The van der Waals surface area contributed by atoms with Crippen molar-refractivity contribution in [3.63, 3.8) is 0 Å². The fourth-order valence-corrected chi connectivity index (χ4v) is 4.01. The van der Waals surface area contributed by atoms with E-state index in [9.17, 15) is 4.79 Å². The third-order valence-electron chi connectivity index (χ3n) is 5.43. The van der Waals surface area contributed by atoms with E-state index in [0.717, 1.165) is 30.4 Å². The average Bonchev–Trinajstić information content (AvgIpc) is 3.49. The van der Waals surface area contributed by atoms with E-state index in [-0.39, 0.29) is 5.56 Å². The lowest BCUT2D eigenvalue weighted by molar-refractivity contribution is 0.187. The summed E-state index contributed by atoms with van der Waals surface area (Å²) in [5.74, 6) is 0.896. The fourth-order valence-electron chi connectivity index (χ4n) is 4.01. The smallest absolute Gasteiger partial charge is 0.277 e. The molecule has 1 unspecified atom stereocenters. The first-order chi connectivity index (χ1) is 14.3. The van der Waals surface area contributed by atoms with Gasteiger partial charge in [-0.1, -0.05) is 17.3 Å². The molecule has 29 heavy (non-hydrogen) atoms. The van der Waals surface area contributed by atoms with Crippen molar-refractivity contribution in [1.29, 1.82) is 0 Å². The van der Waals surface area contributed by atoms with Crippen molar-refractivity contribution in [2.75, 3.05) is 20.3 Å². The maximum atomic E-state index is 13.3. The van der Waals surface area contributed by atoms with Gasteiger partial charge in [-0.2, -0.15) is 4.98 Å². The van der Waals surface area contributed by atoms with Gasteiger partial charge in [0.05, 0.1) is 17.6 Å². The molecule has 0 bridgehead atoms. The predicted octanol–water partition coefficient (Wildman–Crippen LogP) is 1.64. The number of hydrogen-bond donors (Lipinski definition) is 1. The summed E-state index contributed by atoms with van der Waals surface area (Å²) in [6.45, 7) is 1.90. The maximum Gasteiger partial charge on any atom is 0.277 e. The molecule has 0 amide bonds. The zero-order chi connectivity index (χ0) is 19.8. The minimum absolute atomic E-state index is 0.156. The Hall–Kier alpha value is -3.04. The third kappa shape index (κ3) is 3.12. The number of benzene rings is 1. The lowest BCUT2D eigenvalue weighted by Gasteiger charge is -2.11. The monoisotopic (exact) mass is 394 g/mol. The van der Waals surface area contributed by atoms with Crippen LogP contribution in [0.15, 0.2) is 39.9 Å². The maximum absolute atomic E-state index is 13.3. The number of fused-ring (bicyclic) bond motifs is 3. The summed E-state index contributed by atoms with van der Waals surface area (Å²) in [6, 6.07) is 8.10. The molecule has 5 rings (SSSR count). The molecule has 3 aromatic heterocycles. The number of ether oxygens (including phenoxy) is 1. The van der Waals surface area contributed by atoms with Gasteiger partial charge in [-0.15, -0.1) is 0 Å². The van der Waals surface area contributed by atoms with Crippen molar-refractivity contribution in [3.8, 4) is 11.5 Å². The molecule has 1 fully saturated rings. The van der Waals surface area contributed by atoms with Crippen LogP contribution in [-0.2, 0) is 17.7 Å². The van der Waals surface area contributed by atoms with Gasteiger partial charge in [0.15, 0.2) is 0 Å². The number of rotatable bonds is 6. The van der Waals surface area contributed by atoms with Gasteiger partial charge in [-0.05, 0) is 31.5 Å². The second-order valence-corrected chi connectivity index (χ2v) is 7.26. The second-order valence-electron chi connectivity index (χ2n) is 7.26. The van der Waals surface area contributed by atoms with Gasteiger partial charge in [0.1, 0.15) is 17.5 Å². The molecular weight excluding hydrogens is 372 g/mol. The molecular formula is C20H22N6O3. The van der Waals surface area contributed by atoms with Crippen LogP contribution in [0.2, 0.25) is 0 Å². The normalized spacial score (nSPS) is 16.9. The Balaban J connectivity index is 1.63. The van der Waals surface area contributed by atoms with Crippen molar-refractivity contribution in [3.05, 3.63) is 46.8 Å². The number of imidazole rings is 1. The molecule has 1 aliphatic rings. The quantitative estimate of drug-likeness (QED) is 0.531. The van der Waals surface area contributed by atoms with Crippen molar-refractivity contribution >= 4 is 16.6 Å². The summed E-state index contributed by atoms with van der Waals surface area (Å²) in [4.78, 5) is 22.3. The van der Waals surface area contributed by atoms with Gasteiger partial charge in [-0.25, -0.2) is 4.98 Å². The molecule has 0 aliphatic carbocycles. The van der Waals surface area contributed by atoms with Gasteiger partial charge < -0.3 is 19.1 Å². The van der Waals surface area contributed by atoms with Crippen molar-refractivity contribution in [2.45, 2.75) is 31.8 Å². The molecule has 0 saturated carbocycles. The van der Waals surface area contributed by atoms with Crippen molar-refractivity contribution in [2.24, 2.45) is 0 Å². The Kier molecular flexibility index (Phi) is 4.61. The van der Waals surface area contributed by atoms with Crippen LogP contribution in [0.1, 0.15) is 18.7 Å². The molecule has 4 heterocycles. The third-order valence-corrected chi connectivity index (χ3v) is 5.43. The van der Waals surface area contributed by atoms with E-state index in [2.05, 4.69) is 20.4 Å². The summed E-state index contributed by atoms with van der Waals surface area (Å²) < 4.78 is 14.1. The van der Waals surface area contributed by atoms with Gasteiger partial charge in [0, 0.05) is 26.1 Å². The fraction of sp³-hybridized carbons (Fsp3) is 0.400. The Labute approximate surface area is 166 Å². The van der Waals surface area contributed by atoms with E-state index in [1.54, 1.807) is 22.4 Å². The second kappa shape index (κ2) is 7.41. The minimum Gasteiger partial charge on any atom is -0.383 e. The highest BCUT2D eigenvalue weighted by Gasteiger charge is 2.22. The highest BCUT2D eigenvalue weighted by molar-refractivity contribution is 5.83.